The van der Waals surface area contributed by atoms with Gasteiger partial charge in [-0.05, 0) is 23.8 Å². The van der Waals surface area contributed by atoms with Crippen LogP contribution in [-0.4, -0.2) is 41.0 Å². The van der Waals surface area contributed by atoms with Crippen molar-refractivity contribution in [2.45, 2.75) is 12.7 Å². The van der Waals surface area contributed by atoms with E-state index >= 15 is 0 Å². The lowest BCUT2D eigenvalue weighted by atomic mass is 10.2. The van der Waals surface area contributed by atoms with Gasteiger partial charge in [0, 0.05) is 32.7 Å². The highest BCUT2D eigenvalue weighted by Gasteiger charge is 2.35. The number of halogens is 4. The van der Waals surface area contributed by atoms with E-state index in [0.29, 0.717) is 13.1 Å². The summed E-state index contributed by atoms with van der Waals surface area (Å²) in [6.07, 6.45) is -3.14. The highest BCUT2D eigenvalue weighted by molar-refractivity contribution is 5.85. The molecular formula is C20H20ClF3N4O. The molecule has 1 aliphatic rings. The van der Waals surface area contributed by atoms with Gasteiger partial charge in [0.05, 0.1) is 6.26 Å². The van der Waals surface area contributed by atoms with Crippen LogP contribution in [0.25, 0.3) is 11.5 Å². The zero-order valence-corrected chi connectivity index (χ0v) is 16.3. The number of rotatable bonds is 4. The third-order valence-electron chi connectivity index (χ3n) is 4.68. The Kier molecular flexibility index (Phi) is 6.44. The Balaban J connectivity index is 0.00000240. The average Bonchev–Trinajstić information content (AvgIpc) is 3.23. The van der Waals surface area contributed by atoms with Crippen LogP contribution in [0.4, 0.5) is 19.1 Å². The zero-order valence-electron chi connectivity index (χ0n) is 15.5. The van der Waals surface area contributed by atoms with Gasteiger partial charge in [-0.25, -0.2) is 9.97 Å². The second-order valence-corrected chi connectivity index (χ2v) is 6.66. The SMILES string of the molecule is Cl.FC(F)(F)c1cc(-c2ccco2)nc(N2CCN(Cc3ccccc3)CC2)n1. The first-order valence-corrected chi connectivity index (χ1v) is 9.00. The predicted octanol–water partition coefficient (Wildman–Crippen LogP) is 4.50. The third-order valence-corrected chi connectivity index (χ3v) is 4.68. The monoisotopic (exact) mass is 424 g/mol. The molecule has 0 bridgehead atoms. The van der Waals surface area contributed by atoms with Gasteiger partial charge in [-0.3, -0.25) is 4.90 Å². The molecule has 1 aliphatic heterocycles. The number of benzene rings is 1. The molecule has 0 unspecified atom stereocenters. The quantitative estimate of drug-likeness (QED) is 0.617. The van der Waals surface area contributed by atoms with Gasteiger partial charge >= 0.3 is 6.18 Å². The Bertz CT molecular complexity index is 911. The maximum absolute atomic E-state index is 13.3. The number of aromatic nitrogens is 2. The molecular weight excluding hydrogens is 405 g/mol. The molecule has 3 aromatic rings. The highest BCUT2D eigenvalue weighted by atomic mass is 35.5. The predicted molar refractivity (Wildman–Crippen MR) is 106 cm³/mol. The summed E-state index contributed by atoms with van der Waals surface area (Å²) in [6, 6.07) is 14.2. The molecule has 0 amide bonds. The fourth-order valence-corrected chi connectivity index (χ4v) is 3.22. The fourth-order valence-electron chi connectivity index (χ4n) is 3.22. The summed E-state index contributed by atoms with van der Waals surface area (Å²) >= 11 is 0. The minimum Gasteiger partial charge on any atom is -0.463 e. The molecule has 1 fully saturated rings. The molecule has 3 heterocycles. The second kappa shape index (κ2) is 8.84. The van der Waals surface area contributed by atoms with Crippen LogP contribution >= 0.6 is 12.4 Å². The zero-order chi connectivity index (χ0) is 19.6. The van der Waals surface area contributed by atoms with Crippen molar-refractivity contribution in [3.05, 3.63) is 66.1 Å². The Hall–Kier alpha value is -2.58. The van der Waals surface area contributed by atoms with Crippen LogP contribution in [0.2, 0.25) is 0 Å². The van der Waals surface area contributed by atoms with Gasteiger partial charge in [0.15, 0.2) is 11.5 Å². The molecule has 29 heavy (non-hydrogen) atoms. The van der Waals surface area contributed by atoms with Crippen LogP contribution in [-0.2, 0) is 12.7 Å². The maximum atomic E-state index is 13.3. The Labute approximate surface area is 172 Å². The molecule has 1 aromatic carbocycles. The van der Waals surface area contributed by atoms with Crippen LogP contribution < -0.4 is 4.90 Å². The van der Waals surface area contributed by atoms with Crippen LogP contribution in [0.5, 0.6) is 0 Å². The summed E-state index contributed by atoms with van der Waals surface area (Å²) in [7, 11) is 0. The average molecular weight is 425 g/mol. The molecule has 0 spiro atoms. The first kappa shape index (κ1) is 21.1. The van der Waals surface area contributed by atoms with Crippen molar-refractivity contribution < 1.29 is 17.6 Å². The molecule has 154 valence electrons. The molecule has 0 N–H and O–H groups in total. The number of hydrogen-bond acceptors (Lipinski definition) is 5. The van der Waals surface area contributed by atoms with Gasteiger partial charge in [0.25, 0.3) is 0 Å². The number of piperazine rings is 1. The van der Waals surface area contributed by atoms with Crippen molar-refractivity contribution in [1.82, 2.24) is 14.9 Å². The minimum atomic E-state index is -4.55. The molecule has 9 heteroatoms. The van der Waals surface area contributed by atoms with E-state index in [-0.39, 0.29) is 29.8 Å². The Morgan fingerprint density at radius 3 is 2.28 bits per heavy atom. The Morgan fingerprint density at radius 1 is 0.931 bits per heavy atom. The van der Waals surface area contributed by atoms with E-state index in [4.69, 9.17) is 4.42 Å². The third kappa shape index (κ3) is 5.07. The topological polar surface area (TPSA) is 45.4 Å². The fraction of sp³-hybridized carbons (Fsp3) is 0.300. The lowest BCUT2D eigenvalue weighted by Crippen LogP contribution is -2.46. The lowest BCUT2D eigenvalue weighted by Gasteiger charge is -2.35. The lowest BCUT2D eigenvalue weighted by molar-refractivity contribution is -0.141. The van der Waals surface area contributed by atoms with Crippen molar-refractivity contribution in [2.24, 2.45) is 0 Å². The molecule has 0 atom stereocenters. The van der Waals surface area contributed by atoms with E-state index in [0.717, 1.165) is 25.7 Å². The van der Waals surface area contributed by atoms with E-state index in [1.54, 1.807) is 17.0 Å². The summed E-state index contributed by atoms with van der Waals surface area (Å²) in [4.78, 5) is 12.2. The van der Waals surface area contributed by atoms with Gasteiger partial charge in [-0.1, -0.05) is 30.3 Å². The van der Waals surface area contributed by atoms with Crippen LogP contribution in [0.3, 0.4) is 0 Å². The van der Waals surface area contributed by atoms with Crippen LogP contribution in [0, 0.1) is 0 Å². The summed E-state index contributed by atoms with van der Waals surface area (Å²) < 4.78 is 45.2. The van der Waals surface area contributed by atoms with Crippen molar-refractivity contribution in [3.8, 4) is 11.5 Å². The van der Waals surface area contributed by atoms with Crippen molar-refractivity contribution >= 4 is 18.4 Å². The van der Waals surface area contributed by atoms with Crippen molar-refractivity contribution in [2.75, 3.05) is 31.1 Å². The summed E-state index contributed by atoms with van der Waals surface area (Å²) in [5.41, 5.74) is 0.385. The molecule has 0 saturated carbocycles. The van der Waals surface area contributed by atoms with E-state index in [9.17, 15) is 13.2 Å². The number of furan rings is 1. The van der Waals surface area contributed by atoms with E-state index < -0.39 is 11.9 Å². The maximum Gasteiger partial charge on any atom is 0.433 e. The van der Waals surface area contributed by atoms with Gasteiger partial charge in [-0.15, -0.1) is 12.4 Å². The number of alkyl halides is 3. The van der Waals surface area contributed by atoms with E-state index in [1.165, 1.54) is 11.8 Å². The summed E-state index contributed by atoms with van der Waals surface area (Å²) in [5, 5.41) is 0. The first-order chi connectivity index (χ1) is 13.5. The van der Waals surface area contributed by atoms with Crippen molar-refractivity contribution in [1.29, 1.82) is 0 Å². The Morgan fingerprint density at radius 2 is 1.66 bits per heavy atom. The first-order valence-electron chi connectivity index (χ1n) is 9.00. The number of hydrogen-bond donors (Lipinski definition) is 0. The van der Waals surface area contributed by atoms with Gasteiger partial charge in [0.2, 0.25) is 5.95 Å². The van der Waals surface area contributed by atoms with Gasteiger partial charge in [0.1, 0.15) is 5.69 Å². The molecule has 4 rings (SSSR count). The molecule has 1 saturated heterocycles. The van der Waals surface area contributed by atoms with E-state index in [2.05, 4.69) is 27.0 Å². The summed E-state index contributed by atoms with van der Waals surface area (Å²) in [6.45, 7) is 3.39. The molecule has 5 nitrogen and oxygen atoms in total. The number of anilines is 1. The van der Waals surface area contributed by atoms with Crippen LogP contribution in [0.15, 0.2) is 59.2 Å². The number of nitrogens with zero attached hydrogens (tertiary/aromatic N) is 4. The van der Waals surface area contributed by atoms with Crippen molar-refractivity contribution in [3.63, 3.8) is 0 Å². The smallest absolute Gasteiger partial charge is 0.433 e. The van der Waals surface area contributed by atoms with Gasteiger partial charge in [-0.2, -0.15) is 13.2 Å². The molecule has 0 radical (unpaired) electrons. The summed E-state index contributed by atoms with van der Waals surface area (Å²) in [5.74, 6) is 0.373. The second-order valence-electron chi connectivity index (χ2n) is 6.66. The standard InChI is InChI=1S/C20H19F3N4O.ClH/c21-20(22,23)18-13-16(17-7-4-12-28-17)24-19(25-18)27-10-8-26(9-11-27)14-15-5-2-1-3-6-15;/h1-7,12-13H,8-11,14H2;1H. The largest absolute Gasteiger partial charge is 0.463 e. The van der Waals surface area contributed by atoms with Gasteiger partial charge < -0.3 is 9.32 Å². The highest BCUT2D eigenvalue weighted by Crippen LogP contribution is 2.32. The van der Waals surface area contributed by atoms with Crippen LogP contribution in [0.1, 0.15) is 11.3 Å². The molecule has 2 aromatic heterocycles. The minimum absolute atomic E-state index is 0. The molecule has 0 aliphatic carbocycles. The van der Waals surface area contributed by atoms with E-state index in [1.807, 2.05) is 18.2 Å². The normalized spacial score (nSPS) is 15.2.